The van der Waals surface area contributed by atoms with Gasteiger partial charge in [-0.15, -0.1) is 4.40 Å². The van der Waals surface area contributed by atoms with Crippen LogP contribution in [0.4, 0.5) is 11.4 Å². The molecule has 0 atom stereocenters. The quantitative estimate of drug-likeness (QED) is 0.639. The first kappa shape index (κ1) is 18.4. The van der Waals surface area contributed by atoms with Crippen LogP contribution in [0.15, 0.2) is 51.8 Å². The molecule has 1 amide bonds. The van der Waals surface area contributed by atoms with Gasteiger partial charge in [-0.2, -0.15) is 8.42 Å². The van der Waals surface area contributed by atoms with Crippen molar-refractivity contribution < 1.29 is 13.2 Å². The number of fused-ring (bicyclic) bond motifs is 3. The highest BCUT2D eigenvalue weighted by atomic mass is 127. The first-order valence-corrected chi connectivity index (χ1v) is 11.3. The molecule has 1 saturated heterocycles. The van der Waals surface area contributed by atoms with Gasteiger partial charge < -0.3 is 10.2 Å². The summed E-state index contributed by atoms with van der Waals surface area (Å²) in [4.78, 5) is 14.7. The van der Waals surface area contributed by atoms with Crippen LogP contribution in [-0.2, 0) is 10.0 Å². The Labute approximate surface area is 171 Å². The number of rotatable bonds is 2. The molecule has 0 aromatic heterocycles. The van der Waals surface area contributed by atoms with Gasteiger partial charge in [0.15, 0.2) is 0 Å². The summed E-state index contributed by atoms with van der Waals surface area (Å²) >= 11 is 2.14. The summed E-state index contributed by atoms with van der Waals surface area (Å²) < 4.78 is 30.3. The average Bonchev–Trinajstić information content (AvgIpc) is 2.88. The molecule has 2 aliphatic heterocycles. The van der Waals surface area contributed by atoms with E-state index < -0.39 is 10.0 Å². The molecule has 2 aliphatic rings. The lowest BCUT2D eigenvalue weighted by Gasteiger charge is -2.29. The van der Waals surface area contributed by atoms with Gasteiger partial charge in [0.1, 0.15) is 10.7 Å². The Hall–Kier alpha value is -1.94. The summed E-state index contributed by atoms with van der Waals surface area (Å²) in [6, 6.07) is 12.3. The lowest BCUT2D eigenvalue weighted by atomic mass is 10.1. The van der Waals surface area contributed by atoms with Crippen molar-refractivity contribution in [3.63, 3.8) is 0 Å². The van der Waals surface area contributed by atoms with E-state index in [1.165, 1.54) is 6.07 Å². The van der Waals surface area contributed by atoms with E-state index >= 15 is 0 Å². The highest BCUT2D eigenvalue weighted by Crippen LogP contribution is 2.35. The van der Waals surface area contributed by atoms with Gasteiger partial charge in [0.25, 0.3) is 15.9 Å². The number of amidine groups is 1. The van der Waals surface area contributed by atoms with Crippen molar-refractivity contribution in [3.8, 4) is 0 Å². The van der Waals surface area contributed by atoms with Crippen molar-refractivity contribution in [2.75, 3.05) is 16.8 Å². The molecular weight excluding hydrogens is 477 g/mol. The molecule has 8 heteroatoms. The Bertz CT molecular complexity index is 1050. The normalized spacial score (nSPS) is 18.0. The third-order valence-corrected chi connectivity index (χ3v) is 7.01. The Balaban J connectivity index is 1.70. The van der Waals surface area contributed by atoms with Gasteiger partial charge in [0.2, 0.25) is 0 Å². The van der Waals surface area contributed by atoms with Gasteiger partial charge in [0, 0.05) is 22.1 Å². The summed E-state index contributed by atoms with van der Waals surface area (Å²) in [5, 5.41) is 2.84. The van der Waals surface area contributed by atoms with Gasteiger partial charge in [-0.25, -0.2) is 0 Å². The van der Waals surface area contributed by atoms with Gasteiger partial charge in [-0.05, 0) is 65.8 Å². The second-order valence-corrected chi connectivity index (χ2v) is 9.30. The molecule has 27 heavy (non-hydrogen) atoms. The molecule has 0 radical (unpaired) electrons. The van der Waals surface area contributed by atoms with E-state index in [9.17, 15) is 13.2 Å². The molecular formula is C19H18IN3O3S. The van der Waals surface area contributed by atoms with Gasteiger partial charge >= 0.3 is 0 Å². The van der Waals surface area contributed by atoms with Crippen LogP contribution in [0.2, 0.25) is 0 Å². The predicted molar refractivity (Wildman–Crippen MR) is 114 cm³/mol. The Kier molecular flexibility index (Phi) is 4.94. The fourth-order valence-electron chi connectivity index (χ4n) is 3.38. The zero-order valence-electron chi connectivity index (χ0n) is 14.5. The molecule has 1 N–H and O–H groups in total. The van der Waals surface area contributed by atoms with Crippen molar-refractivity contribution >= 4 is 55.7 Å². The predicted octanol–water partition coefficient (Wildman–Crippen LogP) is 4.02. The molecule has 2 aromatic carbocycles. The molecule has 1 fully saturated rings. The number of hydrogen-bond donors (Lipinski definition) is 1. The highest BCUT2D eigenvalue weighted by Gasteiger charge is 2.32. The second-order valence-electron chi connectivity index (χ2n) is 6.56. The Morgan fingerprint density at radius 3 is 2.74 bits per heavy atom. The van der Waals surface area contributed by atoms with Crippen LogP contribution in [0.25, 0.3) is 0 Å². The maximum Gasteiger partial charge on any atom is 0.286 e. The molecule has 6 nitrogen and oxygen atoms in total. The Morgan fingerprint density at radius 1 is 1.11 bits per heavy atom. The van der Waals surface area contributed by atoms with Gasteiger partial charge in [0.05, 0.1) is 11.4 Å². The van der Waals surface area contributed by atoms with Crippen LogP contribution in [0.5, 0.6) is 0 Å². The minimum atomic E-state index is -3.80. The summed E-state index contributed by atoms with van der Waals surface area (Å²) in [7, 11) is -3.80. The number of carbonyl (C=O) groups is 1. The van der Waals surface area contributed by atoms with Crippen LogP contribution >= 0.6 is 22.6 Å². The number of hydrogen-bond acceptors (Lipinski definition) is 4. The lowest BCUT2D eigenvalue weighted by molar-refractivity contribution is 0.102. The summed E-state index contributed by atoms with van der Waals surface area (Å²) in [6.45, 7) is 0.745. The summed E-state index contributed by atoms with van der Waals surface area (Å²) in [5.41, 5.74) is 1.61. The maximum absolute atomic E-state index is 12.7. The molecule has 4 rings (SSSR count). The molecule has 0 unspecified atom stereocenters. The molecule has 0 spiro atoms. The summed E-state index contributed by atoms with van der Waals surface area (Å²) in [6.07, 6.45) is 3.65. The standard InChI is InChI=1S/C19H18IN3O3S/c20-14-6-3-4-7-15(14)21-19(24)13-9-10-16-17(12-13)27(25,26)22-18-8-2-1-5-11-23(16)18/h3-4,6-7,9-10,12H,1-2,5,8,11H2,(H,21,24). The number of anilines is 2. The van der Waals surface area contributed by atoms with E-state index in [2.05, 4.69) is 32.3 Å². The van der Waals surface area contributed by atoms with Crippen molar-refractivity contribution in [2.45, 2.75) is 30.6 Å². The third kappa shape index (κ3) is 3.60. The van der Waals surface area contributed by atoms with E-state index in [-0.39, 0.29) is 10.8 Å². The monoisotopic (exact) mass is 495 g/mol. The lowest BCUT2D eigenvalue weighted by Crippen LogP contribution is -2.35. The number of para-hydroxylation sites is 1. The van der Waals surface area contributed by atoms with Crippen LogP contribution < -0.4 is 10.2 Å². The number of nitrogens with one attached hydrogen (secondary N) is 1. The van der Waals surface area contributed by atoms with Crippen molar-refractivity contribution in [1.29, 1.82) is 0 Å². The van der Waals surface area contributed by atoms with Crippen molar-refractivity contribution in [3.05, 3.63) is 51.6 Å². The fraction of sp³-hybridized carbons (Fsp3) is 0.263. The Morgan fingerprint density at radius 2 is 1.93 bits per heavy atom. The van der Waals surface area contributed by atoms with Crippen LogP contribution in [0.1, 0.15) is 36.0 Å². The molecule has 140 valence electrons. The number of halogens is 1. The molecule has 2 heterocycles. The number of amides is 1. The third-order valence-electron chi connectivity index (χ3n) is 4.73. The minimum absolute atomic E-state index is 0.101. The van der Waals surface area contributed by atoms with E-state index in [1.54, 1.807) is 12.1 Å². The molecule has 2 aromatic rings. The highest BCUT2D eigenvalue weighted by molar-refractivity contribution is 14.1. The zero-order chi connectivity index (χ0) is 19.0. The molecule has 0 saturated carbocycles. The van der Waals surface area contributed by atoms with Crippen molar-refractivity contribution in [1.82, 2.24) is 0 Å². The largest absolute Gasteiger partial charge is 0.328 e. The topological polar surface area (TPSA) is 78.8 Å². The molecule has 0 bridgehead atoms. The summed E-state index contributed by atoms with van der Waals surface area (Å²) in [5.74, 6) is 0.263. The van der Waals surface area contributed by atoms with Crippen LogP contribution in [0, 0.1) is 3.57 Å². The fourth-order valence-corrected chi connectivity index (χ4v) is 5.18. The first-order chi connectivity index (χ1) is 13.0. The van der Waals surface area contributed by atoms with E-state index in [1.807, 2.05) is 29.2 Å². The zero-order valence-corrected chi connectivity index (χ0v) is 17.5. The van der Waals surface area contributed by atoms with Gasteiger partial charge in [-0.3, -0.25) is 4.79 Å². The SMILES string of the molecule is O=C(Nc1ccccc1I)c1ccc2c(c1)S(=O)(=O)N=C1CCCCCN12. The number of benzene rings is 2. The van der Waals surface area contributed by atoms with E-state index in [4.69, 9.17) is 0 Å². The smallest absolute Gasteiger partial charge is 0.286 e. The van der Waals surface area contributed by atoms with Gasteiger partial charge in [-0.1, -0.05) is 18.6 Å². The van der Waals surface area contributed by atoms with Crippen molar-refractivity contribution in [2.24, 2.45) is 4.40 Å². The minimum Gasteiger partial charge on any atom is -0.328 e. The average molecular weight is 495 g/mol. The number of nitrogens with zero attached hydrogens (tertiary/aromatic N) is 2. The van der Waals surface area contributed by atoms with E-state index in [0.717, 1.165) is 29.4 Å². The first-order valence-electron chi connectivity index (χ1n) is 8.77. The molecule has 0 aliphatic carbocycles. The number of carbonyl (C=O) groups excluding carboxylic acids is 1. The number of sulfonamides is 1. The van der Waals surface area contributed by atoms with Crippen LogP contribution in [0.3, 0.4) is 0 Å². The second kappa shape index (κ2) is 7.23. The van der Waals surface area contributed by atoms with Crippen LogP contribution in [-0.4, -0.2) is 26.7 Å². The maximum atomic E-state index is 12.7. The van der Waals surface area contributed by atoms with E-state index in [0.29, 0.717) is 29.2 Å².